The zero-order chi connectivity index (χ0) is 22.5. The predicted octanol–water partition coefficient (Wildman–Crippen LogP) is 1.99. The van der Waals surface area contributed by atoms with E-state index in [-0.39, 0.29) is 17.5 Å². The molecule has 2 fully saturated rings. The standard InChI is InChI=1S/C23H27N5O4/c29-22(18-5-2-1-3-6-18)26-12-4-11-25(15-16-26)20-8-7-19(17-21(20)28(31)32)23(30)27-13-9-24-10-14-27/h1-3,5-8,17,24H,4,9-16H2. The van der Waals surface area contributed by atoms with E-state index in [1.807, 2.05) is 23.1 Å². The van der Waals surface area contributed by atoms with Gasteiger partial charge in [0.25, 0.3) is 17.5 Å². The van der Waals surface area contributed by atoms with Crippen LogP contribution in [0.15, 0.2) is 48.5 Å². The maximum atomic E-state index is 12.8. The molecule has 2 aliphatic heterocycles. The fraction of sp³-hybridized carbons (Fsp3) is 0.391. The summed E-state index contributed by atoms with van der Waals surface area (Å²) in [5.41, 5.74) is 1.38. The van der Waals surface area contributed by atoms with Gasteiger partial charge in [-0.2, -0.15) is 0 Å². The zero-order valence-electron chi connectivity index (χ0n) is 17.9. The van der Waals surface area contributed by atoms with Crippen molar-refractivity contribution in [2.45, 2.75) is 6.42 Å². The van der Waals surface area contributed by atoms with E-state index in [4.69, 9.17) is 0 Å². The Morgan fingerprint density at radius 1 is 0.812 bits per heavy atom. The first kappa shape index (κ1) is 21.8. The van der Waals surface area contributed by atoms with Crippen LogP contribution in [-0.4, -0.2) is 78.9 Å². The lowest BCUT2D eigenvalue weighted by atomic mass is 10.1. The van der Waals surface area contributed by atoms with E-state index in [1.165, 1.54) is 6.07 Å². The molecule has 9 nitrogen and oxygen atoms in total. The fourth-order valence-corrected chi connectivity index (χ4v) is 4.25. The molecule has 32 heavy (non-hydrogen) atoms. The number of nitro groups is 1. The molecule has 0 bridgehead atoms. The zero-order valence-corrected chi connectivity index (χ0v) is 17.9. The fourth-order valence-electron chi connectivity index (χ4n) is 4.25. The number of hydrogen-bond donors (Lipinski definition) is 1. The van der Waals surface area contributed by atoms with Gasteiger partial charge in [0, 0.05) is 69.6 Å². The van der Waals surface area contributed by atoms with Crippen molar-refractivity contribution in [2.24, 2.45) is 0 Å². The van der Waals surface area contributed by atoms with Crippen LogP contribution in [0.4, 0.5) is 11.4 Å². The molecular weight excluding hydrogens is 410 g/mol. The number of amides is 2. The van der Waals surface area contributed by atoms with Crippen LogP contribution in [0.3, 0.4) is 0 Å². The second kappa shape index (κ2) is 9.78. The van der Waals surface area contributed by atoms with Crippen LogP contribution < -0.4 is 10.2 Å². The monoisotopic (exact) mass is 437 g/mol. The van der Waals surface area contributed by atoms with Crippen molar-refractivity contribution in [3.63, 3.8) is 0 Å². The Bertz CT molecular complexity index is 991. The maximum Gasteiger partial charge on any atom is 0.293 e. The van der Waals surface area contributed by atoms with Crippen LogP contribution in [0.2, 0.25) is 0 Å². The van der Waals surface area contributed by atoms with Crippen LogP contribution in [0, 0.1) is 10.1 Å². The second-order valence-electron chi connectivity index (χ2n) is 8.00. The largest absolute Gasteiger partial charge is 0.364 e. The highest BCUT2D eigenvalue weighted by atomic mass is 16.6. The number of rotatable bonds is 4. The number of hydrogen-bond acceptors (Lipinski definition) is 6. The number of anilines is 1. The molecule has 2 amide bonds. The third kappa shape index (κ3) is 4.72. The Kier molecular flexibility index (Phi) is 6.65. The first-order chi connectivity index (χ1) is 15.5. The molecule has 9 heteroatoms. The van der Waals surface area contributed by atoms with Crippen molar-refractivity contribution in [3.8, 4) is 0 Å². The first-order valence-electron chi connectivity index (χ1n) is 10.9. The quantitative estimate of drug-likeness (QED) is 0.580. The Balaban J connectivity index is 1.50. The van der Waals surface area contributed by atoms with E-state index in [0.717, 1.165) is 13.1 Å². The molecule has 2 heterocycles. The second-order valence-corrected chi connectivity index (χ2v) is 8.00. The average Bonchev–Trinajstić information content (AvgIpc) is 3.10. The van der Waals surface area contributed by atoms with Crippen LogP contribution in [-0.2, 0) is 0 Å². The van der Waals surface area contributed by atoms with Gasteiger partial charge in [0.2, 0.25) is 0 Å². The summed E-state index contributed by atoms with van der Waals surface area (Å²) in [6, 6.07) is 13.9. The van der Waals surface area contributed by atoms with Crippen molar-refractivity contribution >= 4 is 23.2 Å². The Labute approximate surface area is 186 Å². The third-order valence-electron chi connectivity index (χ3n) is 5.97. The minimum atomic E-state index is -0.429. The van der Waals surface area contributed by atoms with Gasteiger partial charge in [-0.25, -0.2) is 0 Å². The number of nitrogens with one attached hydrogen (secondary N) is 1. The summed E-state index contributed by atoms with van der Waals surface area (Å²) in [4.78, 5) is 42.4. The number of piperazine rings is 1. The Hall–Kier alpha value is -3.46. The molecule has 0 atom stereocenters. The SMILES string of the molecule is O=C(c1ccc(N2CCCN(C(=O)c3ccccc3)CC2)c([N+](=O)[O-])c1)N1CCNCC1. The summed E-state index contributed by atoms with van der Waals surface area (Å²) < 4.78 is 0. The van der Waals surface area contributed by atoms with E-state index in [1.54, 1.807) is 34.1 Å². The molecule has 0 radical (unpaired) electrons. The smallest absolute Gasteiger partial charge is 0.293 e. The van der Waals surface area contributed by atoms with Crippen molar-refractivity contribution in [3.05, 3.63) is 69.8 Å². The van der Waals surface area contributed by atoms with E-state index in [9.17, 15) is 19.7 Å². The lowest BCUT2D eigenvalue weighted by Gasteiger charge is -2.28. The van der Waals surface area contributed by atoms with Crippen LogP contribution in [0.25, 0.3) is 0 Å². The van der Waals surface area contributed by atoms with Gasteiger partial charge in [-0.1, -0.05) is 18.2 Å². The molecule has 2 aromatic carbocycles. The van der Waals surface area contributed by atoms with E-state index >= 15 is 0 Å². The van der Waals surface area contributed by atoms with Gasteiger partial charge >= 0.3 is 0 Å². The van der Waals surface area contributed by atoms with Crippen molar-refractivity contribution in [1.82, 2.24) is 15.1 Å². The number of nitro benzene ring substituents is 1. The van der Waals surface area contributed by atoms with Gasteiger partial charge in [-0.3, -0.25) is 19.7 Å². The third-order valence-corrected chi connectivity index (χ3v) is 5.97. The number of carbonyl (C=O) groups is 2. The molecule has 168 valence electrons. The minimum Gasteiger partial charge on any atom is -0.364 e. The summed E-state index contributed by atoms with van der Waals surface area (Å²) in [6.07, 6.45) is 0.706. The highest BCUT2D eigenvalue weighted by molar-refractivity contribution is 5.96. The summed E-state index contributed by atoms with van der Waals surface area (Å²) >= 11 is 0. The summed E-state index contributed by atoms with van der Waals surface area (Å²) in [5, 5.41) is 15.0. The Morgan fingerprint density at radius 3 is 2.22 bits per heavy atom. The molecular formula is C23H27N5O4. The number of carbonyl (C=O) groups excluding carboxylic acids is 2. The molecule has 4 rings (SSSR count). The molecule has 0 unspecified atom stereocenters. The molecule has 2 saturated heterocycles. The average molecular weight is 438 g/mol. The van der Waals surface area contributed by atoms with Crippen molar-refractivity contribution < 1.29 is 14.5 Å². The highest BCUT2D eigenvalue weighted by Crippen LogP contribution is 2.30. The highest BCUT2D eigenvalue weighted by Gasteiger charge is 2.27. The lowest BCUT2D eigenvalue weighted by molar-refractivity contribution is -0.384. The summed E-state index contributed by atoms with van der Waals surface area (Å²) in [7, 11) is 0. The molecule has 1 N–H and O–H groups in total. The lowest BCUT2D eigenvalue weighted by Crippen LogP contribution is -2.46. The van der Waals surface area contributed by atoms with E-state index < -0.39 is 4.92 Å². The molecule has 0 aliphatic carbocycles. The molecule has 0 spiro atoms. The summed E-state index contributed by atoms with van der Waals surface area (Å²) in [5.74, 6) is -0.212. The van der Waals surface area contributed by atoms with Gasteiger partial charge in [-0.15, -0.1) is 0 Å². The van der Waals surface area contributed by atoms with Crippen LogP contribution in [0.1, 0.15) is 27.1 Å². The molecule has 2 aliphatic rings. The minimum absolute atomic E-state index is 0.0288. The number of benzene rings is 2. The molecule has 2 aromatic rings. The molecule has 0 saturated carbocycles. The normalized spacial score (nSPS) is 17.1. The van der Waals surface area contributed by atoms with E-state index in [2.05, 4.69) is 5.32 Å². The number of nitrogens with zero attached hydrogens (tertiary/aromatic N) is 4. The topological polar surface area (TPSA) is 99.0 Å². The maximum absolute atomic E-state index is 12.8. The van der Waals surface area contributed by atoms with Gasteiger partial charge in [0.1, 0.15) is 5.69 Å². The summed E-state index contributed by atoms with van der Waals surface area (Å²) in [6.45, 7) is 4.78. The van der Waals surface area contributed by atoms with Gasteiger partial charge in [-0.05, 0) is 30.7 Å². The van der Waals surface area contributed by atoms with Crippen molar-refractivity contribution in [1.29, 1.82) is 0 Å². The molecule has 0 aromatic heterocycles. The van der Waals surface area contributed by atoms with E-state index in [0.29, 0.717) is 62.5 Å². The predicted molar refractivity (Wildman–Crippen MR) is 121 cm³/mol. The van der Waals surface area contributed by atoms with Crippen LogP contribution >= 0.6 is 0 Å². The van der Waals surface area contributed by atoms with Crippen molar-refractivity contribution in [2.75, 3.05) is 57.3 Å². The Morgan fingerprint density at radius 2 is 1.50 bits per heavy atom. The van der Waals surface area contributed by atoms with Gasteiger partial charge < -0.3 is 20.0 Å². The van der Waals surface area contributed by atoms with Crippen LogP contribution in [0.5, 0.6) is 0 Å². The van der Waals surface area contributed by atoms with Gasteiger partial charge in [0.15, 0.2) is 0 Å². The first-order valence-corrected chi connectivity index (χ1v) is 10.9. The van der Waals surface area contributed by atoms with Gasteiger partial charge in [0.05, 0.1) is 4.92 Å².